The summed E-state index contributed by atoms with van der Waals surface area (Å²) in [5, 5.41) is 3.00. The lowest BCUT2D eigenvalue weighted by Gasteiger charge is -2.35. The van der Waals surface area contributed by atoms with Crippen LogP contribution in [0.5, 0.6) is 0 Å². The second-order valence-electron chi connectivity index (χ2n) is 8.23. The molecule has 1 aliphatic heterocycles. The monoisotopic (exact) mass is 394 g/mol. The van der Waals surface area contributed by atoms with Crippen molar-refractivity contribution < 1.29 is 9.59 Å². The van der Waals surface area contributed by atoms with E-state index in [0.29, 0.717) is 5.56 Å². The molecule has 1 aromatic carbocycles. The first kappa shape index (κ1) is 19.7. The molecule has 0 radical (unpaired) electrons. The van der Waals surface area contributed by atoms with E-state index in [1.807, 2.05) is 53.0 Å². The molecule has 2 aromatic rings. The molecule has 2 amide bonds. The third kappa shape index (κ3) is 4.53. The van der Waals surface area contributed by atoms with Crippen molar-refractivity contribution in [3.8, 4) is 5.69 Å². The first-order valence-corrected chi connectivity index (χ1v) is 10.7. The second kappa shape index (κ2) is 8.41. The molecule has 0 atom stereocenters. The van der Waals surface area contributed by atoms with Crippen LogP contribution in [0.15, 0.2) is 36.7 Å². The van der Waals surface area contributed by atoms with Crippen LogP contribution in [0.25, 0.3) is 5.69 Å². The van der Waals surface area contributed by atoms with E-state index < -0.39 is 0 Å². The predicted octanol–water partition coefficient (Wildman–Crippen LogP) is 3.30. The SMILES string of the molecule is CCCN1CCN(C(=O)c2ccc(NC(=O)C3CC3)cc2-n2ccc(C)c2)CC1. The van der Waals surface area contributed by atoms with Gasteiger partial charge in [0.15, 0.2) is 0 Å². The van der Waals surface area contributed by atoms with Gasteiger partial charge < -0.3 is 14.8 Å². The maximum atomic E-state index is 13.3. The molecule has 1 aromatic heterocycles. The Hall–Kier alpha value is -2.60. The topological polar surface area (TPSA) is 57.6 Å². The van der Waals surface area contributed by atoms with Gasteiger partial charge in [0.1, 0.15) is 0 Å². The Kier molecular flexibility index (Phi) is 5.72. The number of aryl methyl sites for hydroxylation is 1. The number of hydrogen-bond acceptors (Lipinski definition) is 3. The van der Waals surface area contributed by atoms with Crippen molar-refractivity contribution in [1.29, 1.82) is 0 Å². The van der Waals surface area contributed by atoms with Crippen LogP contribution in [0.2, 0.25) is 0 Å². The van der Waals surface area contributed by atoms with Crippen LogP contribution in [-0.4, -0.2) is 58.9 Å². The number of carbonyl (C=O) groups is 2. The lowest BCUT2D eigenvalue weighted by Crippen LogP contribution is -2.48. The van der Waals surface area contributed by atoms with Crippen molar-refractivity contribution in [2.45, 2.75) is 33.1 Å². The van der Waals surface area contributed by atoms with Gasteiger partial charge >= 0.3 is 0 Å². The molecule has 6 nitrogen and oxygen atoms in total. The van der Waals surface area contributed by atoms with E-state index in [9.17, 15) is 9.59 Å². The summed E-state index contributed by atoms with van der Waals surface area (Å²) in [6.07, 6.45) is 7.05. The van der Waals surface area contributed by atoms with Crippen molar-refractivity contribution in [1.82, 2.24) is 14.4 Å². The Morgan fingerprint density at radius 2 is 1.86 bits per heavy atom. The summed E-state index contributed by atoms with van der Waals surface area (Å²) in [5.74, 6) is 0.279. The summed E-state index contributed by atoms with van der Waals surface area (Å²) in [5.41, 5.74) is 3.36. The van der Waals surface area contributed by atoms with Gasteiger partial charge in [-0.05, 0) is 62.6 Å². The van der Waals surface area contributed by atoms with Gasteiger partial charge in [-0.25, -0.2) is 0 Å². The van der Waals surface area contributed by atoms with Gasteiger partial charge in [0, 0.05) is 50.2 Å². The third-order valence-electron chi connectivity index (χ3n) is 5.76. The molecule has 1 N–H and O–H groups in total. The van der Waals surface area contributed by atoms with E-state index in [1.54, 1.807) is 0 Å². The van der Waals surface area contributed by atoms with E-state index in [-0.39, 0.29) is 17.7 Å². The molecular formula is C23H30N4O2. The van der Waals surface area contributed by atoms with Crippen molar-refractivity contribution in [2.75, 3.05) is 38.0 Å². The minimum absolute atomic E-state index is 0.0579. The highest BCUT2D eigenvalue weighted by atomic mass is 16.2. The molecule has 154 valence electrons. The Balaban J connectivity index is 1.58. The van der Waals surface area contributed by atoms with Crippen molar-refractivity contribution in [2.24, 2.45) is 5.92 Å². The number of anilines is 1. The molecule has 1 aliphatic carbocycles. The molecule has 0 bridgehead atoms. The number of carbonyl (C=O) groups excluding carboxylic acids is 2. The summed E-state index contributed by atoms with van der Waals surface area (Å²) >= 11 is 0. The number of rotatable bonds is 6. The summed E-state index contributed by atoms with van der Waals surface area (Å²) < 4.78 is 1.97. The summed E-state index contributed by atoms with van der Waals surface area (Å²) in [7, 11) is 0. The first-order chi connectivity index (χ1) is 14.0. The Morgan fingerprint density at radius 1 is 1.10 bits per heavy atom. The quantitative estimate of drug-likeness (QED) is 0.818. The smallest absolute Gasteiger partial charge is 0.256 e. The summed E-state index contributed by atoms with van der Waals surface area (Å²) in [6.45, 7) is 8.66. The molecular weight excluding hydrogens is 364 g/mol. The standard InChI is InChI=1S/C23H30N4O2/c1-3-9-25-11-13-26(14-12-25)23(29)20-7-6-19(24-22(28)18-4-5-18)15-21(20)27-10-8-17(2)16-27/h6-8,10,15-16,18H,3-5,9,11-14H2,1-2H3,(H,24,28). The molecule has 1 saturated heterocycles. The fraction of sp³-hybridized carbons (Fsp3) is 0.478. The van der Waals surface area contributed by atoms with E-state index in [4.69, 9.17) is 0 Å². The fourth-order valence-electron chi connectivity index (χ4n) is 3.91. The molecule has 2 aliphatic rings. The predicted molar refractivity (Wildman–Crippen MR) is 114 cm³/mol. The zero-order valence-corrected chi connectivity index (χ0v) is 17.4. The van der Waals surface area contributed by atoms with Gasteiger partial charge in [-0.15, -0.1) is 0 Å². The molecule has 2 fully saturated rings. The molecule has 4 rings (SSSR count). The van der Waals surface area contributed by atoms with Crippen LogP contribution in [-0.2, 0) is 4.79 Å². The van der Waals surface area contributed by atoms with Crippen LogP contribution < -0.4 is 5.32 Å². The average molecular weight is 395 g/mol. The molecule has 1 saturated carbocycles. The number of aromatic nitrogens is 1. The van der Waals surface area contributed by atoms with E-state index in [2.05, 4.69) is 17.1 Å². The van der Waals surface area contributed by atoms with Crippen molar-refractivity contribution in [3.05, 3.63) is 47.8 Å². The number of amides is 2. The van der Waals surface area contributed by atoms with E-state index in [1.165, 1.54) is 0 Å². The van der Waals surface area contributed by atoms with Gasteiger partial charge in [-0.3, -0.25) is 14.5 Å². The average Bonchev–Trinajstić information content (AvgIpc) is 3.49. The number of nitrogens with one attached hydrogen (secondary N) is 1. The Bertz CT molecular complexity index is 892. The molecule has 0 spiro atoms. The lowest BCUT2D eigenvalue weighted by molar-refractivity contribution is -0.117. The first-order valence-electron chi connectivity index (χ1n) is 10.7. The Labute approximate surface area is 172 Å². The molecule has 2 heterocycles. The second-order valence-corrected chi connectivity index (χ2v) is 8.23. The maximum absolute atomic E-state index is 13.3. The minimum Gasteiger partial charge on any atom is -0.336 e. The molecule has 6 heteroatoms. The van der Waals surface area contributed by atoms with Crippen LogP contribution in [0.3, 0.4) is 0 Å². The molecule has 29 heavy (non-hydrogen) atoms. The third-order valence-corrected chi connectivity index (χ3v) is 5.76. The van der Waals surface area contributed by atoms with Crippen LogP contribution >= 0.6 is 0 Å². The van der Waals surface area contributed by atoms with E-state index >= 15 is 0 Å². The van der Waals surface area contributed by atoms with Gasteiger partial charge in [0.05, 0.1) is 11.3 Å². The van der Waals surface area contributed by atoms with Crippen LogP contribution in [0.4, 0.5) is 5.69 Å². The minimum atomic E-state index is 0.0579. The van der Waals surface area contributed by atoms with Crippen molar-refractivity contribution in [3.63, 3.8) is 0 Å². The number of piperazine rings is 1. The Morgan fingerprint density at radius 3 is 2.48 bits per heavy atom. The highest BCUT2D eigenvalue weighted by Crippen LogP contribution is 2.31. The van der Waals surface area contributed by atoms with Crippen LogP contribution in [0.1, 0.15) is 42.1 Å². The molecule has 0 unspecified atom stereocenters. The largest absolute Gasteiger partial charge is 0.336 e. The highest BCUT2D eigenvalue weighted by molar-refractivity contribution is 6.00. The van der Waals surface area contributed by atoms with Gasteiger partial charge in [0.25, 0.3) is 5.91 Å². The summed E-state index contributed by atoms with van der Waals surface area (Å²) in [4.78, 5) is 29.9. The zero-order valence-electron chi connectivity index (χ0n) is 17.4. The fourth-order valence-corrected chi connectivity index (χ4v) is 3.91. The number of hydrogen-bond donors (Lipinski definition) is 1. The number of nitrogens with zero attached hydrogens (tertiary/aromatic N) is 3. The van der Waals surface area contributed by atoms with E-state index in [0.717, 1.165) is 68.9 Å². The maximum Gasteiger partial charge on any atom is 0.256 e. The van der Waals surface area contributed by atoms with Crippen LogP contribution in [0, 0.1) is 12.8 Å². The normalized spacial score (nSPS) is 17.4. The van der Waals surface area contributed by atoms with Gasteiger partial charge in [0.2, 0.25) is 5.91 Å². The number of benzene rings is 1. The summed E-state index contributed by atoms with van der Waals surface area (Å²) in [6, 6.07) is 7.64. The zero-order chi connectivity index (χ0) is 20.4. The lowest BCUT2D eigenvalue weighted by atomic mass is 10.1. The highest BCUT2D eigenvalue weighted by Gasteiger charge is 2.30. The van der Waals surface area contributed by atoms with Gasteiger partial charge in [-0.1, -0.05) is 6.92 Å². The van der Waals surface area contributed by atoms with Crippen molar-refractivity contribution >= 4 is 17.5 Å². The van der Waals surface area contributed by atoms with Gasteiger partial charge in [-0.2, -0.15) is 0 Å².